The molecule has 0 heterocycles. The summed E-state index contributed by atoms with van der Waals surface area (Å²) in [5.41, 5.74) is 0.265. The molecule has 0 aromatic carbocycles. The van der Waals surface area contributed by atoms with Gasteiger partial charge in [-0.1, -0.05) is 194 Å². The van der Waals surface area contributed by atoms with Crippen molar-refractivity contribution >= 4 is 73.2 Å². The fraction of sp³-hybridized carbons (Fsp3) is 0.872. The first-order chi connectivity index (χ1) is 28.4. The number of carboxylic acids is 4. The van der Waals surface area contributed by atoms with E-state index in [1.165, 1.54) is 154 Å². The van der Waals surface area contributed by atoms with Gasteiger partial charge in [-0.05, 0) is 33.1 Å². The maximum atomic E-state index is 11.6. The SMILES string of the molecule is CCCCCCCCCCCCCCCCCC(=O)C(C)(O)C(=O)[O-].CCCCCCCCCCCCCCCCCC(=O)C(C)(O)C(=O)[O-].N[C@@H](CCC(=O)O)C(=O)[O-].O.[Ca+2].[Na+]. The number of ketones is 2. The third kappa shape index (κ3) is 49.1. The number of aliphatic hydroxyl groups is 2. The van der Waals surface area contributed by atoms with Crippen molar-refractivity contribution in [1.82, 2.24) is 0 Å². The topological polar surface area (TPSA) is 290 Å². The summed E-state index contributed by atoms with van der Waals surface area (Å²) >= 11 is 0. The van der Waals surface area contributed by atoms with Crippen molar-refractivity contribution in [3.05, 3.63) is 0 Å². The van der Waals surface area contributed by atoms with Crippen LogP contribution in [0.4, 0.5) is 0 Å². The van der Waals surface area contributed by atoms with Crippen LogP contribution >= 0.6 is 0 Å². The van der Waals surface area contributed by atoms with Gasteiger partial charge in [-0.15, -0.1) is 0 Å². The van der Waals surface area contributed by atoms with Gasteiger partial charge in [0, 0.05) is 25.3 Å². The average molecular weight is 938 g/mol. The molecule has 3 atom stereocenters. The minimum Gasteiger partial charge on any atom is -0.548 e. The Morgan fingerprint density at radius 3 is 0.841 bits per heavy atom. The smallest absolute Gasteiger partial charge is 0.548 e. The molecule has 63 heavy (non-hydrogen) atoms. The van der Waals surface area contributed by atoms with Crippen LogP contribution in [0.3, 0.4) is 0 Å². The molecular formula is C47H88CaNNaO13. The zero-order valence-corrected chi connectivity index (χ0v) is 44.6. The average Bonchev–Trinajstić information content (AvgIpc) is 3.19. The van der Waals surface area contributed by atoms with E-state index in [0.29, 0.717) is 12.8 Å². The predicted molar refractivity (Wildman–Crippen MR) is 240 cm³/mol. The molecule has 0 aliphatic rings. The van der Waals surface area contributed by atoms with Crippen LogP contribution in [0.5, 0.6) is 0 Å². The molecule has 0 spiro atoms. The first-order valence-electron chi connectivity index (χ1n) is 23.5. The van der Waals surface area contributed by atoms with Crippen LogP contribution in [0.15, 0.2) is 0 Å². The molecule has 0 aromatic heterocycles. The summed E-state index contributed by atoms with van der Waals surface area (Å²) in [4.78, 5) is 64.2. The molecule has 0 saturated carbocycles. The number of aliphatic carboxylic acids is 4. The molecule has 0 aliphatic heterocycles. The fourth-order valence-corrected chi connectivity index (χ4v) is 6.43. The van der Waals surface area contributed by atoms with Crippen LogP contribution < -0.4 is 50.6 Å². The number of unbranched alkanes of at least 4 members (excludes halogenated alkanes) is 28. The number of Topliss-reactive ketones (excluding diaryl/α,β-unsaturated/α-hetero) is 2. The van der Waals surface area contributed by atoms with E-state index in [-0.39, 0.29) is 98.5 Å². The summed E-state index contributed by atoms with van der Waals surface area (Å²) in [7, 11) is 0. The van der Waals surface area contributed by atoms with Crippen molar-refractivity contribution in [3.63, 3.8) is 0 Å². The van der Waals surface area contributed by atoms with Crippen LogP contribution in [0.2, 0.25) is 0 Å². The Hall–Kier alpha value is -0.680. The van der Waals surface area contributed by atoms with Gasteiger partial charge >= 0.3 is 73.3 Å². The van der Waals surface area contributed by atoms with E-state index in [1.807, 2.05) is 0 Å². The molecule has 2 unspecified atom stereocenters. The van der Waals surface area contributed by atoms with Crippen LogP contribution in [0, 0.1) is 0 Å². The van der Waals surface area contributed by atoms with Gasteiger partial charge < -0.3 is 56.2 Å². The molecule has 362 valence electrons. The number of carbonyl (C=O) groups excluding carboxylic acids is 5. The van der Waals surface area contributed by atoms with E-state index in [0.717, 1.165) is 39.5 Å². The summed E-state index contributed by atoms with van der Waals surface area (Å²) in [6.45, 7) is 6.49. The van der Waals surface area contributed by atoms with Crippen molar-refractivity contribution in [2.24, 2.45) is 5.73 Å². The Balaban J connectivity index is -0.000000204. The maximum Gasteiger partial charge on any atom is 2.00 e. The van der Waals surface area contributed by atoms with Crippen molar-refractivity contribution in [2.45, 2.75) is 263 Å². The third-order valence-electron chi connectivity index (χ3n) is 10.9. The second-order valence-corrected chi connectivity index (χ2v) is 16.8. The van der Waals surface area contributed by atoms with Crippen LogP contribution in [-0.4, -0.2) is 111 Å². The predicted octanol–water partition coefficient (Wildman–Crippen LogP) is 2.36. The number of carbonyl (C=O) groups is 6. The number of hydrogen-bond acceptors (Lipinski definition) is 12. The van der Waals surface area contributed by atoms with Crippen LogP contribution in [0.1, 0.15) is 246 Å². The molecule has 0 rings (SSSR count). The van der Waals surface area contributed by atoms with E-state index in [2.05, 4.69) is 13.8 Å². The van der Waals surface area contributed by atoms with Gasteiger partial charge in [0.25, 0.3) is 0 Å². The second-order valence-electron chi connectivity index (χ2n) is 16.8. The van der Waals surface area contributed by atoms with E-state index in [4.69, 9.17) is 10.8 Å². The quantitative estimate of drug-likeness (QED) is 0.0391. The normalized spacial score (nSPS) is 12.7. The molecule has 0 radical (unpaired) electrons. The first kappa shape index (κ1) is 73.9. The van der Waals surface area contributed by atoms with Gasteiger partial charge in [0.2, 0.25) is 0 Å². The Morgan fingerprint density at radius 2 is 0.667 bits per heavy atom. The first-order valence-corrected chi connectivity index (χ1v) is 23.5. The van der Waals surface area contributed by atoms with Crippen molar-refractivity contribution in [3.8, 4) is 0 Å². The standard InChI is InChI=1S/2C21H40O4.C5H9NO4.Ca.Na.H2O/c2*1-3-4-5-6-7-8-9-10-11-12-13-14-15-16-17-18-19(22)21(2,25)20(23)24;6-3(5(9)10)1-2-4(7)8;;;/h2*25H,3-18H2,1-2H3,(H,23,24);3H,1-2,6H2,(H,7,8)(H,9,10);;;1H2/q;;;+2;+1;/p-3/t;;3-;;;/m..0.../s1. The van der Waals surface area contributed by atoms with Gasteiger partial charge in [-0.3, -0.25) is 14.4 Å². The summed E-state index contributed by atoms with van der Waals surface area (Å²) in [6.07, 6.45) is 37.1. The Labute approximate surface area is 433 Å². The molecule has 0 bridgehead atoms. The fourth-order valence-electron chi connectivity index (χ4n) is 6.43. The molecule has 0 aliphatic carbocycles. The Morgan fingerprint density at radius 1 is 0.460 bits per heavy atom. The number of rotatable bonds is 40. The van der Waals surface area contributed by atoms with Crippen LogP contribution in [-0.2, 0) is 28.8 Å². The van der Waals surface area contributed by atoms with E-state index < -0.39 is 52.7 Å². The molecule has 0 aromatic rings. The largest absolute Gasteiger partial charge is 2.00 e. The van der Waals surface area contributed by atoms with Gasteiger partial charge in [0.05, 0.1) is 17.9 Å². The van der Waals surface area contributed by atoms with Gasteiger partial charge in [-0.25, -0.2) is 0 Å². The molecule has 16 heteroatoms. The number of hydrogen-bond donors (Lipinski definition) is 4. The molecule has 0 fully saturated rings. The monoisotopic (exact) mass is 938 g/mol. The van der Waals surface area contributed by atoms with Crippen LogP contribution in [0.25, 0.3) is 0 Å². The Bertz CT molecular complexity index is 1060. The third-order valence-corrected chi connectivity index (χ3v) is 10.9. The molecule has 0 amide bonds. The minimum atomic E-state index is -2.34. The summed E-state index contributed by atoms with van der Waals surface area (Å²) in [5, 5.41) is 58.2. The van der Waals surface area contributed by atoms with E-state index in [9.17, 15) is 54.3 Å². The molecule has 0 saturated heterocycles. The zero-order valence-electron chi connectivity index (χ0n) is 40.4. The van der Waals surface area contributed by atoms with Gasteiger partial charge in [0.15, 0.2) is 22.8 Å². The summed E-state index contributed by atoms with van der Waals surface area (Å²) in [6, 6.07) is -1.17. The van der Waals surface area contributed by atoms with Gasteiger partial charge in [-0.2, -0.15) is 0 Å². The van der Waals surface area contributed by atoms with Crippen molar-refractivity contribution in [1.29, 1.82) is 0 Å². The van der Waals surface area contributed by atoms with Crippen molar-refractivity contribution in [2.75, 3.05) is 0 Å². The number of nitrogens with two attached hydrogens (primary N) is 1. The summed E-state index contributed by atoms with van der Waals surface area (Å²) in [5.74, 6) is -7.20. The summed E-state index contributed by atoms with van der Waals surface area (Å²) < 4.78 is 0. The van der Waals surface area contributed by atoms with Gasteiger partial charge in [0.1, 0.15) is 0 Å². The minimum absolute atomic E-state index is 0. The molecular weight excluding hydrogens is 850 g/mol. The zero-order chi connectivity index (χ0) is 46.1. The Kier molecular flexibility index (Phi) is 59.5. The van der Waals surface area contributed by atoms with E-state index in [1.54, 1.807) is 0 Å². The molecule has 14 nitrogen and oxygen atoms in total. The number of carboxylic acid groups (broad SMARTS) is 4. The molecule has 7 N–H and O–H groups in total. The second kappa shape index (κ2) is 50.7. The maximum absolute atomic E-state index is 11.6. The van der Waals surface area contributed by atoms with Crippen molar-refractivity contribution < 1.29 is 94.4 Å². The van der Waals surface area contributed by atoms with E-state index >= 15 is 0 Å².